The summed E-state index contributed by atoms with van der Waals surface area (Å²) in [5, 5.41) is 0.667. The molecule has 84 valence electrons. The van der Waals surface area contributed by atoms with E-state index in [2.05, 4.69) is 25.9 Å². The van der Waals surface area contributed by atoms with E-state index in [1.165, 1.54) is 0 Å². The molecule has 0 amide bonds. The molecule has 0 atom stereocenters. The van der Waals surface area contributed by atoms with E-state index in [0.717, 1.165) is 0 Å². The molecule has 0 radical (unpaired) electrons. The summed E-state index contributed by atoms with van der Waals surface area (Å²) >= 11 is 15.1. The van der Waals surface area contributed by atoms with Crippen molar-refractivity contribution in [3.8, 4) is 0 Å². The van der Waals surface area contributed by atoms with E-state index in [1.807, 2.05) is 32.8 Å². The first-order valence-electron chi connectivity index (χ1n) is 4.33. The van der Waals surface area contributed by atoms with Gasteiger partial charge in [-0.25, -0.2) is 9.97 Å². The van der Waals surface area contributed by atoms with Gasteiger partial charge < -0.3 is 0 Å². The standard InChI is InChI=1S/C9H12BrCl2N3/c1-9(2,15(3)4)8-13-6(11)5(10)7(12)14-8/h1-4H3. The van der Waals surface area contributed by atoms with Crippen LogP contribution in [0.4, 0.5) is 0 Å². The molecule has 0 aliphatic heterocycles. The average molecular weight is 313 g/mol. The van der Waals surface area contributed by atoms with E-state index in [1.54, 1.807) is 0 Å². The number of aromatic nitrogens is 2. The lowest BCUT2D eigenvalue weighted by molar-refractivity contribution is 0.185. The monoisotopic (exact) mass is 311 g/mol. The van der Waals surface area contributed by atoms with Gasteiger partial charge in [0.05, 0.1) is 10.0 Å². The SMILES string of the molecule is CN(C)C(C)(C)c1nc(Cl)c(Br)c(Cl)n1. The van der Waals surface area contributed by atoms with E-state index in [-0.39, 0.29) is 5.54 Å². The van der Waals surface area contributed by atoms with Crippen molar-refractivity contribution in [2.24, 2.45) is 0 Å². The summed E-state index contributed by atoms with van der Waals surface area (Å²) < 4.78 is 0.532. The minimum absolute atomic E-state index is 0.312. The molecular weight excluding hydrogens is 301 g/mol. The molecule has 6 heteroatoms. The Morgan fingerprint density at radius 3 is 1.87 bits per heavy atom. The lowest BCUT2D eigenvalue weighted by Crippen LogP contribution is -2.37. The molecule has 0 fully saturated rings. The van der Waals surface area contributed by atoms with Crippen LogP contribution in [0.3, 0.4) is 0 Å². The van der Waals surface area contributed by atoms with Gasteiger partial charge in [0.1, 0.15) is 10.3 Å². The van der Waals surface area contributed by atoms with Crippen molar-refractivity contribution in [3.63, 3.8) is 0 Å². The maximum atomic E-state index is 5.93. The van der Waals surface area contributed by atoms with Crippen LogP contribution in [0.1, 0.15) is 19.7 Å². The Bertz CT molecular complexity index is 357. The highest BCUT2D eigenvalue weighted by Crippen LogP contribution is 2.31. The highest BCUT2D eigenvalue weighted by molar-refractivity contribution is 9.10. The molecule has 0 aliphatic carbocycles. The molecule has 0 spiro atoms. The van der Waals surface area contributed by atoms with E-state index in [4.69, 9.17) is 23.2 Å². The van der Waals surface area contributed by atoms with E-state index in [9.17, 15) is 0 Å². The highest BCUT2D eigenvalue weighted by atomic mass is 79.9. The maximum absolute atomic E-state index is 5.93. The third kappa shape index (κ3) is 2.61. The zero-order valence-corrected chi connectivity index (χ0v) is 12.1. The van der Waals surface area contributed by atoms with Crippen molar-refractivity contribution in [3.05, 3.63) is 20.6 Å². The Kier molecular flexibility index (Phi) is 3.98. The van der Waals surface area contributed by atoms with Crippen molar-refractivity contribution >= 4 is 39.1 Å². The predicted molar refractivity (Wildman–Crippen MR) is 66.5 cm³/mol. The molecule has 0 unspecified atom stereocenters. The van der Waals surface area contributed by atoms with Gasteiger partial charge >= 0.3 is 0 Å². The van der Waals surface area contributed by atoms with Crippen LogP contribution in [0, 0.1) is 0 Å². The van der Waals surface area contributed by atoms with Crippen molar-refractivity contribution in [2.45, 2.75) is 19.4 Å². The van der Waals surface area contributed by atoms with Crippen LogP contribution in [0.5, 0.6) is 0 Å². The van der Waals surface area contributed by atoms with Gasteiger partial charge in [-0.05, 0) is 43.9 Å². The van der Waals surface area contributed by atoms with Crippen LogP contribution in [-0.2, 0) is 5.54 Å². The molecule has 1 aromatic rings. The van der Waals surface area contributed by atoms with Crippen LogP contribution in [-0.4, -0.2) is 29.0 Å². The minimum Gasteiger partial charge on any atom is -0.298 e. The Balaban J connectivity index is 3.28. The second-order valence-electron chi connectivity index (χ2n) is 3.90. The van der Waals surface area contributed by atoms with Crippen LogP contribution >= 0.6 is 39.1 Å². The van der Waals surface area contributed by atoms with Crippen LogP contribution in [0.15, 0.2) is 4.47 Å². The molecule has 0 aromatic carbocycles. The largest absolute Gasteiger partial charge is 0.298 e. The molecule has 1 heterocycles. The van der Waals surface area contributed by atoms with E-state index >= 15 is 0 Å². The summed E-state index contributed by atoms with van der Waals surface area (Å²) in [5.74, 6) is 0.603. The van der Waals surface area contributed by atoms with Gasteiger partial charge in [0.15, 0.2) is 5.82 Å². The number of rotatable bonds is 2. The fourth-order valence-electron chi connectivity index (χ4n) is 0.868. The first-order chi connectivity index (χ1) is 6.76. The number of hydrogen-bond acceptors (Lipinski definition) is 3. The maximum Gasteiger partial charge on any atom is 0.151 e. The highest BCUT2D eigenvalue weighted by Gasteiger charge is 2.28. The first-order valence-corrected chi connectivity index (χ1v) is 5.88. The van der Waals surface area contributed by atoms with Gasteiger partial charge in [0.25, 0.3) is 0 Å². The summed E-state index contributed by atoms with van der Waals surface area (Å²) in [7, 11) is 3.90. The van der Waals surface area contributed by atoms with Crippen molar-refractivity contribution in [1.82, 2.24) is 14.9 Å². The Hall–Kier alpha value is 0.1000. The van der Waals surface area contributed by atoms with Crippen molar-refractivity contribution in [2.75, 3.05) is 14.1 Å². The van der Waals surface area contributed by atoms with Gasteiger partial charge in [-0.3, -0.25) is 4.90 Å². The van der Waals surface area contributed by atoms with Crippen molar-refractivity contribution < 1.29 is 0 Å². The fourth-order valence-corrected chi connectivity index (χ4v) is 1.43. The quantitative estimate of drug-likeness (QED) is 0.784. The number of halogens is 3. The molecular formula is C9H12BrCl2N3. The summed E-state index contributed by atoms with van der Waals surface area (Å²) in [4.78, 5) is 10.4. The first kappa shape index (κ1) is 13.2. The van der Waals surface area contributed by atoms with E-state index < -0.39 is 0 Å². The van der Waals surface area contributed by atoms with Gasteiger partial charge in [0, 0.05) is 0 Å². The number of nitrogens with zero attached hydrogens (tertiary/aromatic N) is 3. The topological polar surface area (TPSA) is 29.0 Å². The third-order valence-electron chi connectivity index (χ3n) is 2.44. The lowest BCUT2D eigenvalue weighted by Gasteiger charge is -2.30. The van der Waals surface area contributed by atoms with Crippen molar-refractivity contribution in [1.29, 1.82) is 0 Å². The minimum atomic E-state index is -0.312. The van der Waals surface area contributed by atoms with Crippen LogP contribution in [0.2, 0.25) is 10.3 Å². The molecule has 0 N–H and O–H groups in total. The summed E-state index contributed by atoms with van der Waals surface area (Å²) in [6, 6.07) is 0. The predicted octanol–water partition coefficient (Wildman–Crippen LogP) is 3.34. The molecule has 15 heavy (non-hydrogen) atoms. The Morgan fingerprint density at radius 2 is 1.53 bits per heavy atom. The Morgan fingerprint density at radius 1 is 1.13 bits per heavy atom. The lowest BCUT2D eigenvalue weighted by atomic mass is 10.0. The molecule has 0 saturated carbocycles. The molecule has 1 aromatic heterocycles. The second-order valence-corrected chi connectivity index (χ2v) is 5.41. The van der Waals surface area contributed by atoms with Gasteiger partial charge in [-0.1, -0.05) is 23.2 Å². The van der Waals surface area contributed by atoms with Crippen LogP contribution in [0.25, 0.3) is 0 Å². The number of hydrogen-bond donors (Lipinski definition) is 0. The molecule has 0 aliphatic rings. The summed E-state index contributed by atoms with van der Waals surface area (Å²) in [6.45, 7) is 4.01. The zero-order valence-electron chi connectivity index (χ0n) is 8.98. The van der Waals surface area contributed by atoms with Gasteiger partial charge in [-0.15, -0.1) is 0 Å². The molecule has 3 nitrogen and oxygen atoms in total. The Labute approximate surface area is 108 Å². The summed E-state index contributed by atoms with van der Waals surface area (Å²) in [6.07, 6.45) is 0. The van der Waals surface area contributed by atoms with E-state index in [0.29, 0.717) is 20.6 Å². The zero-order chi connectivity index (χ0) is 11.8. The molecule has 0 bridgehead atoms. The fraction of sp³-hybridized carbons (Fsp3) is 0.556. The average Bonchev–Trinajstić information content (AvgIpc) is 2.13. The van der Waals surface area contributed by atoms with Gasteiger partial charge in [0.2, 0.25) is 0 Å². The van der Waals surface area contributed by atoms with Gasteiger partial charge in [-0.2, -0.15) is 0 Å². The molecule has 0 saturated heterocycles. The second kappa shape index (κ2) is 4.53. The van der Waals surface area contributed by atoms with Crippen LogP contribution < -0.4 is 0 Å². The smallest absolute Gasteiger partial charge is 0.151 e. The summed E-state index contributed by atoms with van der Waals surface area (Å²) in [5.41, 5.74) is -0.312. The normalized spacial score (nSPS) is 12.3. The third-order valence-corrected chi connectivity index (χ3v) is 4.19. The molecule has 1 rings (SSSR count).